The van der Waals surface area contributed by atoms with E-state index in [-0.39, 0.29) is 18.9 Å². The quantitative estimate of drug-likeness (QED) is 0.817. The molecule has 0 bridgehead atoms. The van der Waals surface area contributed by atoms with Crippen LogP contribution >= 0.6 is 23.2 Å². The lowest BCUT2D eigenvalue weighted by molar-refractivity contribution is -0.121. The van der Waals surface area contributed by atoms with Crippen molar-refractivity contribution in [3.63, 3.8) is 0 Å². The highest BCUT2D eigenvalue weighted by atomic mass is 35.5. The number of nitrogens with two attached hydrogens (primary N) is 1. The van der Waals surface area contributed by atoms with Crippen molar-refractivity contribution < 1.29 is 9.53 Å². The van der Waals surface area contributed by atoms with E-state index >= 15 is 0 Å². The summed E-state index contributed by atoms with van der Waals surface area (Å²) in [6.45, 7) is 0.211. The highest BCUT2D eigenvalue weighted by Crippen LogP contribution is 2.35. The van der Waals surface area contributed by atoms with Gasteiger partial charge < -0.3 is 15.8 Å². The van der Waals surface area contributed by atoms with E-state index in [4.69, 9.17) is 33.7 Å². The molecule has 6 heteroatoms. The molecule has 4 nitrogen and oxygen atoms in total. The molecule has 0 aromatic heterocycles. The van der Waals surface area contributed by atoms with E-state index in [1.165, 1.54) is 0 Å². The molecule has 0 saturated heterocycles. The maximum absolute atomic E-state index is 10.9. The Kier molecular flexibility index (Phi) is 4.71. The van der Waals surface area contributed by atoms with E-state index in [0.29, 0.717) is 21.5 Å². The third-order valence-corrected chi connectivity index (χ3v) is 2.44. The van der Waals surface area contributed by atoms with Gasteiger partial charge >= 0.3 is 0 Å². The van der Waals surface area contributed by atoms with Crippen molar-refractivity contribution in [2.24, 2.45) is 0 Å². The number of rotatable bonds is 4. The van der Waals surface area contributed by atoms with Crippen molar-refractivity contribution in [3.05, 3.63) is 22.2 Å². The zero-order valence-electron chi connectivity index (χ0n) is 8.72. The van der Waals surface area contributed by atoms with Crippen LogP contribution in [0.5, 0.6) is 5.75 Å². The molecule has 0 radical (unpaired) electrons. The molecule has 0 fully saturated rings. The fourth-order valence-electron chi connectivity index (χ4n) is 1.09. The van der Waals surface area contributed by atoms with Gasteiger partial charge in [-0.05, 0) is 12.1 Å². The first-order valence-corrected chi connectivity index (χ1v) is 5.38. The Bertz CT molecular complexity index is 373. The average Bonchev–Trinajstić information content (AvgIpc) is 2.21. The van der Waals surface area contributed by atoms with Crippen molar-refractivity contribution >= 4 is 34.8 Å². The molecular weight excluding hydrogens is 251 g/mol. The van der Waals surface area contributed by atoms with Gasteiger partial charge in [-0.1, -0.05) is 23.2 Å². The maximum atomic E-state index is 10.9. The molecule has 3 N–H and O–H groups in total. The zero-order valence-corrected chi connectivity index (χ0v) is 10.2. The second-order valence-corrected chi connectivity index (χ2v) is 3.90. The number of nitrogen functional groups attached to an aromatic ring is 1. The molecule has 0 saturated carbocycles. The molecule has 0 heterocycles. The largest absolute Gasteiger partial charge is 0.490 e. The third-order valence-electron chi connectivity index (χ3n) is 1.87. The second kappa shape index (κ2) is 5.82. The maximum Gasteiger partial charge on any atom is 0.223 e. The lowest BCUT2D eigenvalue weighted by Crippen LogP contribution is -2.20. The van der Waals surface area contributed by atoms with Crippen LogP contribution in [0.25, 0.3) is 0 Å². The number of hydrogen-bond acceptors (Lipinski definition) is 3. The van der Waals surface area contributed by atoms with Crippen LogP contribution in [0, 0.1) is 0 Å². The Labute approximate surface area is 104 Å². The normalized spacial score (nSPS) is 9.94. The smallest absolute Gasteiger partial charge is 0.223 e. The van der Waals surface area contributed by atoms with Gasteiger partial charge in [0.2, 0.25) is 5.91 Å². The van der Waals surface area contributed by atoms with E-state index in [1.54, 1.807) is 19.2 Å². The van der Waals surface area contributed by atoms with E-state index in [0.717, 1.165) is 0 Å². The van der Waals surface area contributed by atoms with Gasteiger partial charge in [0.15, 0.2) is 5.75 Å². The summed E-state index contributed by atoms with van der Waals surface area (Å²) < 4.78 is 5.31. The number of anilines is 1. The number of amides is 1. The monoisotopic (exact) mass is 262 g/mol. The van der Waals surface area contributed by atoms with Crippen molar-refractivity contribution in [2.45, 2.75) is 6.42 Å². The molecule has 1 rings (SSSR count). The van der Waals surface area contributed by atoms with E-state index < -0.39 is 0 Å². The van der Waals surface area contributed by atoms with Crippen molar-refractivity contribution in [2.75, 3.05) is 19.4 Å². The molecule has 0 aliphatic carbocycles. The zero-order chi connectivity index (χ0) is 12.1. The summed E-state index contributed by atoms with van der Waals surface area (Å²) in [5, 5.41) is 3.15. The molecule has 0 unspecified atom stereocenters. The second-order valence-electron chi connectivity index (χ2n) is 3.09. The molecule has 16 heavy (non-hydrogen) atoms. The molecule has 1 aromatic rings. The van der Waals surface area contributed by atoms with Gasteiger partial charge in [-0.15, -0.1) is 0 Å². The first-order valence-electron chi connectivity index (χ1n) is 4.62. The molecule has 88 valence electrons. The molecule has 0 atom stereocenters. The minimum Gasteiger partial charge on any atom is -0.490 e. The van der Waals surface area contributed by atoms with Crippen LogP contribution in [-0.2, 0) is 4.79 Å². The third kappa shape index (κ3) is 3.47. The highest BCUT2D eigenvalue weighted by Gasteiger charge is 2.09. The van der Waals surface area contributed by atoms with Crippen molar-refractivity contribution in [3.8, 4) is 5.75 Å². The lowest BCUT2D eigenvalue weighted by Gasteiger charge is -2.10. The summed E-state index contributed by atoms with van der Waals surface area (Å²) in [6, 6.07) is 3.09. The van der Waals surface area contributed by atoms with Crippen molar-refractivity contribution in [1.29, 1.82) is 0 Å². The van der Waals surface area contributed by atoms with Crippen LogP contribution in [0.2, 0.25) is 10.0 Å². The average molecular weight is 263 g/mol. The standard InChI is InChI=1S/C10H12Cl2N2O2/c1-14-9(15)2-3-16-10-7(11)4-6(13)5-8(10)12/h4-5H,2-3,13H2,1H3,(H,14,15). The topological polar surface area (TPSA) is 64.3 Å². The summed E-state index contributed by atoms with van der Waals surface area (Å²) in [6.07, 6.45) is 0.244. The predicted octanol–water partition coefficient (Wildman–Crippen LogP) is 2.09. The van der Waals surface area contributed by atoms with Gasteiger partial charge in [-0.2, -0.15) is 0 Å². The molecule has 1 amide bonds. The molecule has 0 aliphatic heterocycles. The summed E-state index contributed by atoms with van der Waals surface area (Å²) in [5.41, 5.74) is 6.00. The Balaban J connectivity index is 2.64. The Hall–Kier alpha value is -1.13. The summed E-state index contributed by atoms with van der Waals surface area (Å²) in [4.78, 5) is 10.9. The number of carbonyl (C=O) groups is 1. The molecule has 1 aromatic carbocycles. The molecule has 0 spiro atoms. The minimum atomic E-state index is -0.109. The van der Waals surface area contributed by atoms with Gasteiger partial charge in [0.1, 0.15) is 0 Å². The number of halogens is 2. The van der Waals surface area contributed by atoms with Gasteiger partial charge in [0.05, 0.1) is 23.1 Å². The number of hydrogen-bond donors (Lipinski definition) is 2. The summed E-state index contributed by atoms with van der Waals surface area (Å²) in [7, 11) is 1.56. The van der Waals surface area contributed by atoms with Crippen molar-refractivity contribution in [1.82, 2.24) is 5.32 Å². The van der Waals surface area contributed by atoms with E-state index in [1.807, 2.05) is 0 Å². The number of ether oxygens (including phenoxy) is 1. The molecular formula is C10H12Cl2N2O2. The Morgan fingerprint density at radius 1 is 1.44 bits per heavy atom. The number of nitrogens with one attached hydrogen (secondary N) is 1. The van der Waals surface area contributed by atoms with Crippen LogP contribution in [0.3, 0.4) is 0 Å². The lowest BCUT2D eigenvalue weighted by atomic mass is 10.3. The predicted molar refractivity (Wildman–Crippen MR) is 65.1 cm³/mol. The van der Waals surface area contributed by atoms with Gasteiger partial charge in [-0.25, -0.2) is 0 Å². The van der Waals surface area contributed by atoms with Gasteiger partial charge in [0.25, 0.3) is 0 Å². The Morgan fingerprint density at radius 3 is 2.50 bits per heavy atom. The number of benzene rings is 1. The summed E-state index contributed by atoms with van der Waals surface area (Å²) >= 11 is 11.8. The fraction of sp³-hybridized carbons (Fsp3) is 0.300. The minimum absolute atomic E-state index is 0.109. The fourth-order valence-corrected chi connectivity index (χ4v) is 1.70. The van der Waals surface area contributed by atoms with Crippen LogP contribution in [0.4, 0.5) is 5.69 Å². The van der Waals surface area contributed by atoms with E-state index in [9.17, 15) is 4.79 Å². The first kappa shape index (κ1) is 12.9. The SMILES string of the molecule is CNC(=O)CCOc1c(Cl)cc(N)cc1Cl. The van der Waals surface area contributed by atoms with Gasteiger partial charge in [0, 0.05) is 12.7 Å². The summed E-state index contributed by atoms with van der Waals surface area (Å²) in [5.74, 6) is 0.240. The van der Waals surface area contributed by atoms with Crippen LogP contribution in [0.1, 0.15) is 6.42 Å². The van der Waals surface area contributed by atoms with Crippen LogP contribution in [0.15, 0.2) is 12.1 Å². The van der Waals surface area contributed by atoms with Crippen LogP contribution < -0.4 is 15.8 Å². The van der Waals surface area contributed by atoms with E-state index in [2.05, 4.69) is 5.32 Å². The highest BCUT2D eigenvalue weighted by molar-refractivity contribution is 6.37. The molecule has 0 aliphatic rings. The Morgan fingerprint density at radius 2 is 2.00 bits per heavy atom. The first-order chi connectivity index (χ1) is 7.54. The van der Waals surface area contributed by atoms with Crippen LogP contribution in [-0.4, -0.2) is 19.6 Å². The van der Waals surface area contributed by atoms with Gasteiger partial charge in [-0.3, -0.25) is 4.79 Å². The number of carbonyl (C=O) groups excluding carboxylic acids is 1.